The van der Waals surface area contributed by atoms with Gasteiger partial charge in [-0.3, -0.25) is 4.90 Å². The summed E-state index contributed by atoms with van der Waals surface area (Å²) in [5.74, 6) is 0. The molecular formula is C16H33N3. The number of nitrogens with one attached hydrogen (secondary N) is 1. The molecule has 0 unspecified atom stereocenters. The number of nitrogens with zero attached hydrogens (tertiary/aromatic N) is 2. The van der Waals surface area contributed by atoms with E-state index in [9.17, 15) is 0 Å². The summed E-state index contributed by atoms with van der Waals surface area (Å²) in [6.45, 7) is 12.2. The highest BCUT2D eigenvalue weighted by atomic mass is 15.3. The molecule has 0 bridgehead atoms. The first-order chi connectivity index (χ1) is 9.15. The first-order valence-corrected chi connectivity index (χ1v) is 8.26. The van der Waals surface area contributed by atoms with Gasteiger partial charge < -0.3 is 10.2 Å². The largest absolute Gasteiger partial charge is 0.319 e. The summed E-state index contributed by atoms with van der Waals surface area (Å²) in [4.78, 5) is 5.34. The summed E-state index contributed by atoms with van der Waals surface area (Å²) in [5.41, 5.74) is 0.563. The van der Waals surface area contributed by atoms with Crippen LogP contribution in [-0.4, -0.2) is 62.2 Å². The minimum Gasteiger partial charge on any atom is -0.319 e. The number of piperazine rings is 1. The van der Waals surface area contributed by atoms with Crippen molar-refractivity contribution in [3.8, 4) is 0 Å². The van der Waals surface area contributed by atoms with E-state index in [2.05, 4.69) is 36.0 Å². The van der Waals surface area contributed by atoms with Crippen molar-refractivity contribution >= 4 is 0 Å². The lowest BCUT2D eigenvalue weighted by Crippen LogP contribution is -2.53. The van der Waals surface area contributed by atoms with Crippen LogP contribution < -0.4 is 5.32 Å². The number of hydrogen-bond acceptors (Lipinski definition) is 3. The fourth-order valence-corrected chi connectivity index (χ4v) is 3.98. The summed E-state index contributed by atoms with van der Waals surface area (Å²) >= 11 is 0. The Morgan fingerprint density at radius 1 is 1.00 bits per heavy atom. The number of rotatable bonds is 5. The third kappa shape index (κ3) is 4.17. The normalized spacial score (nSPS) is 25.9. The Morgan fingerprint density at radius 3 is 2.16 bits per heavy atom. The van der Waals surface area contributed by atoms with Gasteiger partial charge in [-0.05, 0) is 39.2 Å². The topological polar surface area (TPSA) is 18.5 Å². The fourth-order valence-electron chi connectivity index (χ4n) is 3.98. The molecule has 2 fully saturated rings. The van der Waals surface area contributed by atoms with Crippen molar-refractivity contribution in [2.24, 2.45) is 5.41 Å². The summed E-state index contributed by atoms with van der Waals surface area (Å²) in [6.07, 6.45) is 7.18. The Balaban J connectivity index is 1.85. The van der Waals surface area contributed by atoms with Crippen LogP contribution in [0.5, 0.6) is 0 Å². The van der Waals surface area contributed by atoms with E-state index in [1.165, 1.54) is 71.4 Å². The monoisotopic (exact) mass is 267 g/mol. The van der Waals surface area contributed by atoms with Gasteiger partial charge >= 0.3 is 0 Å². The van der Waals surface area contributed by atoms with E-state index >= 15 is 0 Å². The van der Waals surface area contributed by atoms with Gasteiger partial charge in [0.25, 0.3) is 0 Å². The molecule has 2 rings (SSSR count). The molecule has 112 valence electrons. The predicted molar refractivity (Wildman–Crippen MR) is 82.6 cm³/mol. The van der Waals surface area contributed by atoms with Crippen molar-refractivity contribution in [1.29, 1.82) is 0 Å². The van der Waals surface area contributed by atoms with Gasteiger partial charge in [-0.2, -0.15) is 0 Å². The molecule has 1 heterocycles. The van der Waals surface area contributed by atoms with E-state index in [0.717, 1.165) is 0 Å². The average Bonchev–Trinajstić information content (AvgIpc) is 2.40. The quantitative estimate of drug-likeness (QED) is 0.824. The third-order valence-electron chi connectivity index (χ3n) is 5.16. The first-order valence-electron chi connectivity index (χ1n) is 8.26. The van der Waals surface area contributed by atoms with Crippen LogP contribution in [-0.2, 0) is 0 Å². The van der Waals surface area contributed by atoms with Gasteiger partial charge in [0, 0.05) is 45.3 Å². The van der Waals surface area contributed by atoms with Crippen molar-refractivity contribution in [1.82, 2.24) is 15.1 Å². The molecule has 2 aliphatic rings. The van der Waals surface area contributed by atoms with Crippen LogP contribution in [0.2, 0.25) is 0 Å². The van der Waals surface area contributed by atoms with Crippen molar-refractivity contribution in [2.45, 2.75) is 52.0 Å². The van der Waals surface area contributed by atoms with Gasteiger partial charge in [-0.15, -0.1) is 0 Å². The maximum atomic E-state index is 3.46. The Labute approximate surface area is 119 Å². The van der Waals surface area contributed by atoms with E-state index in [-0.39, 0.29) is 0 Å². The Bertz CT molecular complexity index is 245. The second-order valence-electron chi connectivity index (χ2n) is 7.00. The molecule has 1 aliphatic heterocycles. The average molecular weight is 267 g/mol. The van der Waals surface area contributed by atoms with Crippen molar-refractivity contribution in [3.63, 3.8) is 0 Å². The maximum Gasteiger partial charge on any atom is 0.0113 e. The Morgan fingerprint density at radius 2 is 1.63 bits per heavy atom. The minimum atomic E-state index is 0.563. The summed E-state index contributed by atoms with van der Waals surface area (Å²) < 4.78 is 0. The summed E-state index contributed by atoms with van der Waals surface area (Å²) in [7, 11) is 2.12. The first kappa shape index (κ1) is 15.3. The predicted octanol–water partition coefficient (Wildman–Crippen LogP) is 2.18. The summed E-state index contributed by atoms with van der Waals surface area (Å²) in [5, 5.41) is 3.46. The van der Waals surface area contributed by atoms with Crippen LogP contribution in [0.1, 0.15) is 46.0 Å². The molecule has 0 amide bonds. The molecule has 3 heteroatoms. The fraction of sp³-hybridized carbons (Fsp3) is 1.00. The Hall–Kier alpha value is -0.120. The van der Waals surface area contributed by atoms with Crippen molar-refractivity contribution < 1.29 is 0 Å². The van der Waals surface area contributed by atoms with Crippen LogP contribution in [0.15, 0.2) is 0 Å². The Kier molecular flexibility index (Phi) is 5.67. The zero-order valence-electron chi connectivity index (χ0n) is 13.2. The van der Waals surface area contributed by atoms with Crippen molar-refractivity contribution in [3.05, 3.63) is 0 Å². The van der Waals surface area contributed by atoms with Crippen LogP contribution in [0.3, 0.4) is 0 Å². The second-order valence-corrected chi connectivity index (χ2v) is 7.00. The van der Waals surface area contributed by atoms with E-state index < -0.39 is 0 Å². The zero-order valence-corrected chi connectivity index (χ0v) is 13.2. The van der Waals surface area contributed by atoms with Crippen LogP contribution >= 0.6 is 0 Å². The molecule has 1 aliphatic carbocycles. The van der Waals surface area contributed by atoms with Crippen LogP contribution in [0.25, 0.3) is 0 Å². The van der Waals surface area contributed by atoms with Gasteiger partial charge in [-0.1, -0.05) is 19.3 Å². The molecule has 1 saturated carbocycles. The lowest BCUT2D eigenvalue weighted by molar-refractivity contribution is 0.0532. The molecule has 0 atom stereocenters. The minimum absolute atomic E-state index is 0.563. The molecule has 0 aromatic carbocycles. The van der Waals surface area contributed by atoms with Gasteiger partial charge in [0.05, 0.1) is 0 Å². The molecule has 3 nitrogen and oxygen atoms in total. The standard InChI is InChI=1S/C16H33N3/c1-15(2)19-11-9-18(10-12-19)14-16(13-17-3)7-5-4-6-8-16/h15,17H,4-14H2,1-3H3. The van der Waals surface area contributed by atoms with Crippen LogP contribution in [0, 0.1) is 5.41 Å². The highest BCUT2D eigenvalue weighted by Crippen LogP contribution is 2.36. The van der Waals surface area contributed by atoms with Crippen molar-refractivity contribution in [2.75, 3.05) is 46.3 Å². The molecular weight excluding hydrogens is 234 g/mol. The smallest absolute Gasteiger partial charge is 0.0113 e. The molecule has 0 spiro atoms. The second kappa shape index (κ2) is 7.05. The van der Waals surface area contributed by atoms with Gasteiger partial charge in [0.1, 0.15) is 0 Å². The lowest BCUT2D eigenvalue weighted by Gasteiger charge is -2.44. The lowest BCUT2D eigenvalue weighted by atomic mass is 9.73. The zero-order chi connectivity index (χ0) is 13.7. The highest BCUT2D eigenvalue weighted by molar-refractivity contribution is 4.89. The van der Waals surface area contributed by atoms with E-state index in [0.29, 0.717) is 11.5 Å². The molecule has 19 heavy (non-hydrogen) atoms. The van der Waals surface area contributed by atoms with E-state index in [1.807, 2.05) is 0 Å². The molecule has 1 N–H and O–H groups in total. The van der Waals surface area contributed by atoms with Crippen LogP contribution in [0.4, 0.5) is 0 Å². The van der Waals surface area contributed by atoms with E-state index in [4.69, 9.17) is 0 Å². The highest BCUT2D eigenvalue weighted by Gasteiger charge is 2.34. The van der Waals surface area contributed by atoms with Gasteiger partial charge in [0.2, 0.25) is 0 Å². The molecule has 0 aromatic rings. The third-order valence-corrected chi connectivity index (χ3v) is 5.16. The maximum absolute atomic E-state index is 3.46. The molecule has 1 saturated heterocycles. The van der Waals surface area contributed by atoms with E-state index in [1.54, 1.807) is 0 Å². The summed E-state index contributed by atoms with van der Waals surface area (Å²) in [6, 6.07) is 0.711. The molecule has 0 aromatic heterocycles. The SMILES string of the molecule is CNCC1(CN2CCN(C(C)C)CC2)CCCCC1. The van der Waals surface area contributed by atoms with Gasteiger partial charge in [0.15, 0.2) is 0 Å². The number of hydrogen-bond donors (Lipinski definition) is 1. The molecule has 0 radical (unpaired) electrons. The van der Waals surface area contributed by atoms with Gasteiger partial charge in [-0.25, -0.2) is 0 Å².